The number of ether oxygens (including phenoxy) is 1. The molecule has 0 heterocycles. The van der Waals surface area contributed by atoms with Crippen LogP contribution in [-0.4, -0.2) is 21.5 Å². The van der Waals surface area contributed by atoms with Crippen LogP contribution >= 0.6 is 0 Å². The predicted octanol–water partition coefficient (Wildman–Crippen LogP) is 2.55. The number of hydrogen-bond acceptors (Lipinski definition) is 4. The Morgan fingerprint density at radius 2 is 1.77 bits per heavy atom. The number of hydrogen-bond donors (Lipinski definition) is 1. The largest absolute Gasteiger partial charge is 0.465 e. The van der Waals surface area contributed by atoms with Crippen molar-refractivity contribution in [3.8, 4) is 0 Å². The normalized spacial score (nSPS) is 11.0. The van der Waals surface area contributed by atoms with Crippen molar-refractivity contribution < 1.29 is 26.7 Å². The Morgan fingerprint density at radius 3 is 2.41 bits per heavy atom. The van der Waals surface area contributed by atoms with E-state index in [1.54, 1.807) is 0 Å². The molecule has 0 aliphatic rings. The third-order valence-electron chi connectivity index (χ3n) is 2.76. The molecule has 0 saturated heterocycles. The lowest BCUT2D eigenvalue weighted by Crippen LogP contribution is -2.16. The summed E-state index contributed by atoms with van der Waals surface area (Å²) in [5, 5.41) is 0. The molecule has 0 aliphatic heterocycles. The fourth-order valence-corrected chi connectivity index (χ4v) is 2.87. The first-order valence-electron chi connectivity index (χ1n) is 6.00. The lowest BCUT2D eigenvalue weighted by molar-refractivity contribution is 0.0600. The SMILES string of the molecule is COC(=O)c1ccc(F)c(S(=O)(=O)Nc2ccccc2F)c1. The van der Waals surface area contributed by atoms with E-state index in [-0.39, 0.29) is 11.3 Å². The van der Waals surface area contributed by atoms with Crippen molar-refractivity contribution in [3.05, 3.63) is 59.7 Å². The van der Waals surface area contributed by atoms with E-state index in [0.29, 0.717) is 0 Å². The molecule has 2 aromatic rings. The van der Waals surface area contributed by atoms with Crippen LogP contribution in [0.2, 0.25) is 0 Å². The average molecular weight is 327 g/mol. The maximum Gasteiger partial charge on any atom is 0.337 e. The van der Waals surface area contributed by atoms with E-state index < -0.39 is 32.5 Å². The molecule has 2 rings (SSSR count). The number of methoxy groups -OCH3 is 1. The topological polar surface area (TPSA) is 72.5 Å². The summed E-state index contributed by atoms with van der Waals surface area (Å²) < 4.78 is 58.0. The molecule has 116 valence electrons. The van der Waals surface area contributed by atoms with E-state index in [2.05, 4.69) is 4.74 Å². The summed E-state index contributed by atoms with van der Waals surface area (Å²) in [6, 6.07) is 7.78. The highest BCUT2D eigenvalue weighted by Gasteiger charge is 2.22. The summed E-state index contributed by atoms with van der Waals surface area (Å²) in [6.07, 6.45) is 0. The van der Waals surface area contributed by atoms with Gasteiger partial charge in [-0.25, -0.2) is 22.0 Å². The molecular formula is C14H11F2NO4S. The Kier molecular flexibility index (Phi) is 4.41. The van der Waals surface area contributed by atoms with E-state index >= 15 is 0 Å². The molecular weight excluding hydrogens is 316 g/mol. The molecule has 8 heteroatoms. The van der Waals surface area contributed by atoms with Crippen molar-refractivity contribution in [2.75, 3.05) is 11.8 Å². The Bertz CT molecular complexity index is 821. The van der Waals surface area contributed by atoms with E-state index in [9.17, 15) is 22.0 Å². The number of esters is 1. The van der Waals surface area contributed by atoms with Gasteiger partial charge >= 0.3 is 5.97 Å². The van der Waals surface area contributed by atoms with E-state index in [1.165, 1.54) is 18.2 Å². The number of sulfonamides is 1. The van der Waals surface area contributed by atoms with E-state index in [4.69, 9.17) is 0 Å². The Hall–Kier alpha value is -2.48. The van der Waals surface area contributed by atoms with Crippen LogP contribution in [0.5, 0.6) is 0 Å². The molecule has 0 bridgehead atoms. The summed E-state index contributed by atoms with van der Waals surface area (Å²) in [6.45, 7) is 0. The van der Waals surface area contributed by atoms with Crippen LogP contribution in [0.15, 0.2) is 47.4 Å². The van der Waals surface area contributed by atoms with Gasteiger partial charge in [0.1, 0.15) is 16.5 Å². The second kappa shape index (κ2) is 6.10. The van der Waals surface area contributed by atoms with Crippen molar-refractivity contribution >= 4 is 21.7 Å². The molecule has 0 aromatic heterocycles. The molecule has 0 unspecified atom stereocenters. The molecule has 0 atom stereocenters. The number of carbonyl (C=O) groups is 1. The molecule has 5 nitrogen and oxygen atoms in total. The zero-order chi connectivity index (χ0) is 16.3. The number of para-hydroxylation sites is 1. The van der Waals surface area contributed by atoms with E-state index in [0.717, 1.165) is 31.4 Å². The second-order valence-electron chi connectivity index (χ2n) is 4.22. The smallest absolute Gasteiger partial charge is 0.337 e. The maximum atomic E-state index is 13.8. The average Bonchev–Trinajstić information content (AvgIpc) is 2.49. The number of anilines is 1. The minimum atomic E-state index is -4.40. The summed E-state index contributed by atoms with van der Waals surface area (Å²) >= 11 is 0. The highest BCUT2D eigenvalue weighted by molar-refractivity contribution is 7.92. The van der Waals surface area contributed by atoms with Crippen molar-refractivity contribution in [1.29, 1.82) is 0 Å². The van der Waals surface area contributed by atoms with Crippen LogP contribution in [0.25, 0.3) is 0 Å². The number of rotatable bonds is 4. The molecule has 0 fully saturated rings. The molecule has 2 aromatic carbocycles. The van der Waals surface area contributed by atoms with E-state index in [1.807, 2.05) is 4.72 Å². The molecule has 0 spiro atoms. The summed E-state index contributed by atoms with van der Waals surface area (Å²) in [5.74, 6) is -2.70. The minimum absolute atomic E-state index is 0.141. The summed E-state index contributed by atoms with van der Waals surface area (Å²) in [4.78, 5) is 10.6. The maximum absolute atomic E-state index is 13.8. The molecule has 0 amide bonds. The Morgan fingerprint density at radius 1 is 1.09 bits per heavy atom. The van der Waals surface area contributed by atoms with Gasteiger partial charge in [-0.15, -0.1) is 0 Å². The minimum Gasteiger partial charge on any atom is -0.465 e. The van der Waals surface area contributed by atoms with Gasteiger partial charge in [-0.05, 0) is 30.3 Å². The first-order chi connectivity index (χ1) is 10.3. The van der Waals surface area contributed by atoms with Crippen LogP contribution in [0.4, 0.5) is 14.5 Å². The zero-order valence-corrected chi connectivity index (χ0v) is 12.2. The van der Waals surface area contributed by atoms with Gasteiger partial charge in [-0.1, -0.05) is 12.1 Å². The number of halogens is 2. The second-order valence-corrected chi connectivity index (χ2v) is 5.87. The van der Waals surface area contributed by atoms with Crippen LogP contribution in [0.1, 0.15) is 10.4 Å². The van der Waals surface area contributed by atoms with Crippen molar-refractivity contribution in [2.24, 2.45) is 0 Å². The van der Waals surface area contributed by atoms with Gasteiger partial charge in [-0.2, -0.15) is 0 Å². The third kappa shape index (κ3) is 3.22. The Labute approximate surface area is 125 Å². The molecule has 1 N–H and O–H groups in total. The lowest BCUT2D eigenvalue weighted by Gasteiger charge is -2.10. The van der Waals surface area contributed by atoms with Gasteiger partial charge < -0.3 is 4.74 Å². The molecule has 0 aliphatic carbocycles. The van der Waals surface area contributed by atoms with Crippen molar-refractivity contribution in [1.82, 2.24) is 0 Å². The third-order valence-corrected chi connectivity index (χ3v) is 4.14. The number of nitrogens with one attached hydrogen (secondary N) is 1. The monoisotopic (exact) mass is 327 g/mol. The zero-order valence-electron chi connectivity index (χ0n) is 11.3. The highest BCUT2D eigenvalue weighted by Crippen LogP contribution is 2.22. The molecule has 0 saturated carbocycles. The Balaban J connectivity index is 2.45. The number of carbonyl (C=O) groups excluding carboxylic acids is 1. The van der Waals surface area contributed by atoms with Gasteiger partial charge in [-0.3, -0.25) is 4.72 Å². The molecule has 22 heavy (non-hydrogen) atoms. The van der Waals surface area contributed by atoms with Crippen molar-refractivity contribution in [3.63, 3.8) is 0 Å². The number of benzene rings is 2. The van der Waals surface area contributed by atoms with Crippen LogP contribution in [0, 0.1) is 11.6 Å². The van der Waals surface area contributed by atoms with Gasteiger partial charge in [0.25, 0.3) is 10.0 Å². The quantitative estimate of drug-likeness (QED) is 0.876. The van der Waals surface area contributed by atoms with Crippen LogP contribution < -0.4 is 4.72 Å². The summed E-state index contributed by atoms with van der Waals surface area (Å²) in [5.41, 5.74) is -0.469. The highest BCUT2D eigenvalue weighted by atomic mass is 32.2. The molecule has 0 radical (unpaired) electrons. The van der Waals surface area contributed by atoms with Crippen LogP contribution in [-0.2, 0) is 14.8 Å². The van der Waals surface area contributed by atoms with Gasteiger partial charge in [0.05, 0.1) is 18.4 Å². The van der Waals surface area contributed by atoms with Crippen LogP contribution in [0.3, 0.4) is 0 Å². The van der Waals surface area contributed by atoms with Gasteiger partial charge in [0.2, 0.25) is 0 Å². The van der Waals surface area contributed by atoms with Gasteiger partial charge in [0.15, 0.2) is 0 Å². The van der Waals surface area contributed by atoms with Gasteiger partial charge in [0, 0.05) is 0 Å². The first-order valence-corrected chi connectivity index (χ1v) is 7.48. The fourth-order valence-electron chi connectivity index (χ4n) is 1.70. The first kappa shape index (κ1) is 15.9. The standard InChI is InChI=1S/C14H11F2NO4S/c1-21-14(18)9-6-7-11(16)13(8-9)22(19,20)17-12-5-3-2-4-10(12)15/h2-8,17H,1H3. The van der Waals surface area contributed by atoms with Crippen molar-refractivity contribution in [2.45, 2.75) is 4.90 Å². The summed E-state index contributed by atoms with van der Waals surface area (Å²) in [7, 11) is -3.29. The predicted molar refractivity (Wildman–Crippen MR) is 74.9 cm³/mol. The fraction of sp³-hybridized carbons (Fsp3) is 0.0714. The lowest BCUT2D eigenvalue weighted by atomic mass is 10.2.